The van der Waals surface area contributed by atoms with Crippen LogP contribution in [-0.4, -0.2) is 15.7 Å². The molecule has 0 saturated heterocycles. The predicted molar refractivity (Wildman–Crippen MR) is 76.1 cm³/mol. The molecule has 0 bridgehead atoms. The molecule has 0 radical (unpaired) electrons. The van der Waals surface area contributed by atoms with Crippen LogP contribution in [0, 0.1) is 6.92 Å². The maximum atomic E-state index is 6.17. The highest BCUT2D eigenvalue weighted by molar-refractivity contribution is 7.99. The molecule has 0 fully saturated rings. The lowest BCUT2D eigenvalue weighted by Crippen LogP contribution is -2.17. The Morgan fingerprint density at radius 2 is 1.88 bits per heavy atom. The Morgan fingerprint density at radius 3 is 2.41 bits per heavy atom. The molecule has 0 atom stereocenters. The minimum Gasteiger partial charge on any atom is -0.226 e. The number of nitrogens with zero attached hydrogens (tertiary/aromatic N) is 2. The van der Waals surface area contributed by atoms with E-state index in [4.69, 9.17) is 11.6 Å². The Morgan fingerprint density at radius 1 is 1.24 bits per heavy atom. The quantitative estimate of drug-likeness (QED) is 0.454. The first-order valence-corrected chi connectivity index (χ1v) is 7.40. The highest BCUT2D eigenvalue weighted by Crippen LogP contribution is 2.29. The van der Waals surface area contributed by atoms with Gasteiger partial charge in [-0.1, -0.05) is 45.7 Å². The van der Waals surface area contributed by atoms with Crippen LogP contribution in [0.3, 0.4) is 0 Å². The minimum absolute atomic E-state index is 0.0581. The van der Waals surface area contributed by atoms with Gasteiger partial charge in [0.15, 0.2) is 0 Å². The summed E-state index contributed by atoms with van der Waals surface area (Å²) in [6.45, 7) is 10.5. The van der Waals surface area contributed by atoms with Crippen molar-refractivity contribution < 1.29 is 0 Å². The molecule has 96 valence electrons. The third kappa shape index (κ3) is 4.14. The van der Waals surface area contributed by atoms with Gasteiger partial charge in [0, 0.05) is 11.0 Å². The molecule has 0 aliphatic rings. The Balaban J connectivity index is 2.99. The molecular weight excluding hydrogens is 252 g/mol. The van der Waals surface area contributed by atoms with E-state index in [9.17, 15) is 0 Å². The van der Waals surface area contributed by atoms with Crippen molar-refractivity contribution >= 4 is 23.4 Å². The zero-order valence-electron chi connectivity index (χ0n) is 11.3. The highest BCUT2D eigenvalue weighted by atomic mass is 35.5. The van der Waals surface area contributed by atoms with Crippen LogP contribution in [0.2, 0.25) is 5.15 Å². The van der Waals surface area contributed by atoms with Gasteiger partial charge in [0.1, 0.15) is 16.0 Å². The fourth-order valence-electron chi connectivity index (χ4n) is 1.26. The van der Waals surface area contributed by atoms with E-state index < -0.39 is 0 Å². The van der Waals surface area contributed by atoms with Crippen molar-refractivity contribution in [2.45, 2.75) is 57.9 Å². The summed E-state index contributed by atoms with van der Waals surface area (Å²) >= 11 is 7.95. The van der Waals surface area contributed by atoms with Crippen molar-refractivity contribution in [2.75, 3.05) is 5.75 Å². The van der Waals surface area contributed by atoms with Gasteiger partial charge in [0.2, 0.25) is 0 Å². The summed E-state index contributed by atoms with van der Waals surface area (Å²) in [6, 6.07) is 0. The zero-order valence-corrected chi connectivity index (χ0v) is 12.9. The fraction of sp³-hybridized carbons (Fsp3) is 0.692. The van der Waals surface area contributed by atoms with Crippen molar-refractivity contribution in [3.63, 3.8) is 0 Å². The number of rotatable bonds is 4. The zero-order chi connectivity index (χ0) is 13.1. The summed E-state index contributed by atoms with van der Waals surface area (Å²) in [5, 5.41) is 1.62. The van der Waals surface area contributed by atoms with Crippen molar-refractivity contribution in [1.82, 2.24) is 9.97 Å². The van der Waals surface area contributed by atoms with E-state index >= 15 is 0 Å². The highest BCUT2D eigenvalue weighted by Gasteiger charge is 2.20. The fourth-order valence-corrected chi connectivity index (χ4v) is 2.58. The van der Waals surface area contributed by atoms with Gasteiger partial charge in [-0.25, -0.2) is 9.97 Å². The van der Waals surface area contributed by atoms with Crippen LogP contribution in [0.5, 0.6) is 0 Å². The van der Waals surface area contributed by atoms with E-state index in [0.717, 1.165) is 22.2 Å². The Labute approximate surface area is 114 Å². The van der Waals surface area contributed by atoms with E-state index in [0.29, 0.717) is 5.15 Å². The van der Waals surface area contributed by atoms with Gasteiger partial charge >= 0.3 is 0 Å². The average molecular weight is 273 g/mol. The molecule has 1 aromatic rings. The van der Waals surface area contributed by atoms with E-state index in [1.165, 1.54) is 12.8 Å². The maximum absolute atomic E-state index is 6.17. The van der Waals surface area contributed by atoms with Crippen LogP contribution in [0.25, 0.3) is 0 Å². The summed E-state index contributed by atoms with van der Waals surface area (Å²) in [6.07, 6.45) is 2.41. The molecule has 0 aromatic carbocycles. The van der Waals surface area contributed by atoms with E-state index in [1.807, 2.05) is 6.92 Å². The third-order valence-electron chi connectivity index (χ3n) is 2.45. The van der Waals surface area contributed by atoms with Gasteiger partial charge in [0.05, 0.1) is 0 Å². The Kier molecular flexibility index (Phi) is 5.26. The summed E-state index contributed by atoms with van der Waals surface area (Å²) in [5.41, 5.74) is 0.943. The lowest BCUT2D eigenvalue weighted by molar-refractivity contribution is 0.537. The molecule has 0 unspecified atom stereocenters. The number of hydrogen-bond acceptors (Lipinski definition) is 3. The number of hydrogen-bond donors (Lipinski definition) is 0. The molecule has 0 amide bonds. The van der Waals surface area contributed by atoms with Gasteiger partial charge < -0.3 is 0 Å². The standard InChI is InChI=1S/C13H21ClN2S/c1-6-7-8-17-11-9(2)10(14)15-12(16-11)13(3,4)5/h6-8H2,1-5H3. The Bertz CT molecular complexity index is 386. The van der Waals surface area contributed by atoms with Crippen LogP contribution < -0.4 is 0 Å². The largest absolute Gasteiger partial charge is 0.226 e. The first-order valence-electron chi connectivity index (χ1n) is 6.03. The predicted octanol–water partition coefficient (Wildman–Crippen LogP) is 4.63. The van der Waals surface area contributed by atoms with Crippen molar-refractivity contribution in [3.8, 4) is 0 Å². The third-order valence-corrected chi connectivity index (χ3v) is 3.98. The lowest BCUT2D eigenvalue weighted by atomic mass is 9.96. The number of thioether (sulfide) groups is 1. The van der Waals surface area contributed by atoms with Gasteiger partial charge in [-0.2, -0.15) is 0 Å². The monoisotopic (exact) mass is 272 g/mol. The summed E-state index contributed by atoms with van der Waals surface area (Å²) in [7, 11) is 0. The second-order valence-electron chi connectivity index (χ2n) is 5.22. The average Bonchev–Trinajstić information content (AvgIpc) is 2.22. The van der Waals surface area contributed by atoms with Gasteiger partial charge in [-0.15, -0.1) is 11.8 Å². The topological polar surface area (TPSA) is 25.8 Å². The molecule has 0 saturated carbocycles. The molecule has 1 aromatic heterocycles. The van der Waals surface area contributed by atoms with E-state index in [1.54, 1.807) is 11.8 Å². The summed E-state index contributed by atoms with van der Waals surface area (Å²) < 4.78 is 0. The molecule has 17 heavy (non-hydrogen) atoms. The van der Waals surface area contributed by atoms with Gasteiger partial charge in [-0.3, -0.25) is 0 Å². The van der Waals surface area contributed by atoms with Crippen LogP contribution in [-0.2, 0) is 5.41 Å². The number of halogens is 1. The lowest BCUT2D eigenvalue weighted by Gasteiger charge is -2.18. The van der Waals surface area contributed by atoms with Crippen molar-refractivity contribution in [2.24, 2.45) is 0 Å². The molecule has 1 rings (SSSR count). The van der Waals surface area contributed by atoms with Crippen LogP contribution in [0.15, 0.2) is 5.03 Å². The van der Waals surface area contributed by atoms with Crippen molar-refractivity contribution in [3.05, 3.63) is 16.5 Å². The number of unbranched alkanes of at least 4 members (excludes halogenated alkanes) is 1. The molecule has 1 heterocycles. The Hall–Kier alpha value is -0.280. The van der Waals surface area contributed by atoms with E-state index in [2.05, 4.69) is 37.7 Å². The second-order valence-corrected chi connectivity index (χ2v) is 6.66. The molecule has 0 aliphatic carbocycles. The maximum Gasteiger partial charge on any atom is 0.136 e. The molecule has 0 aliphatic heterocycles. The van der Waals surface area contributed by atoms with Crippen LogP contribution in [0.4, 0.5) is 0 Å². The second kappa shape index (κ2) is 6.05. The van der Waals surface area contributed by atoms with E-state index in [-0.39, 0.29) is 5.41 Å². The molecule has 4 heteroatoms. The minimum atomic E-state index is -0.0581. The van der Waals surface area contributed by atoms with Gasteiger partial charge in [-0.05, 0) is 19.1 Å². The molecule has 0 spiro atoms. The summed E-state index contributed by atoms with van der Waals surface area (Å²) in [5.74, 6) is 1.92. The first kappa shape index (κ1) is 14.8. The van der Waals surface area contributed by atoms with Gasteiger partial charge in [0.25, 0.3) is 0 Å². The smallest absolute Gasteiger partial charge is 0.136 e. The normalized spacial score (nSPS) is 11.9. The van der Waals surface area contributed by atoms with Crippen LogP contribution >= 0.6 is 23.4 Å². The molecular formula is C13H21ClN2S. The SMILES string of the molecule is CCCCSc1nc(C(C)(C)C)nc(Cl)c1C. The molecule has 0 N–H and O–H groups in total. The number of aromatic nitrogens is 2. The van der Waals surface area contributed by atoms with Crippen molar-refractivity contribution in [1.29, 1.82) is 0 Å². The van der Waals surface area contributed by atoms with Crippen LogP contribution in [0.1, 0.15) is 51.9 Å². The first-order chi connectivity index (χ1) is 7.86. The molecule has 2 nitrogen and oxygen atoms in total. The summed E-state index contributed by atoms with van der Waals surface area (Å²) in [4.78, 5) is 9.02.